The van der Waals surface area contributed by atoms with Gasteiger partial charge in [-0.3, -0.25) is 10.1 Å². The Labute approximate surface area is 127 Å². The van der Waals surface area contributed by atoms with Gasteiger partial charge in [-0.25, -0.2) is 8.42 Å². The maximum atomic E-state index is 11.5. The van der Waals surface area contributed by atoms with Gasteiger partial charge in [0.2, 0.25) is 0 Å². The van der Waals surface area contributed by atoms with Crippen LogP contribution >= 0.6 is 31.9 Å². The van der Waals surface area contributed by atoms with Crippen LogP contribution in [0.5, 0.6) is 0 Å². The first-order chi connectivity index (χ1) is 8.80. The number of alkyl halides is 1. The largest absolute Gasteiger partial charge is 0.274 e. The van der Waals surface area contributed by atoms with Crippen LogP contribution in [0.2, 0.25) is 0 Å². The average molecular weight is 413 g/mol. The molecule has 1 aromatic carbocycles. The van der Waals surface area contributed by atoms with Crippen molar-refractivity contribution in [2.75, 3.05) is 11.5 Å². The van der Waals surface area contributed by atoms with E-state index in [1.807, 2.05) is 0 Å². The molecule has 1 fully saturated rings. The van der Waals surface area contributed by atoms with Crippen LogP contribution in [0, 0.1) is 16.0 Å². The molecular formula is C11H11Br2NO4S. The Hall–Kier alpha value is -0.470. The second-order valence-electron chi connectivity index (χ2n) is 4.53. The Morgan fingerprint density at radius 1 is 1.42 bits per heavy atom. The molecule has 8 heteroatoms. The van der Waals surface area contributed by atoms with Crippen molar-refractivity contribution in [3.8, 4) is 0 Å². The van der Waals surface area contributed by atoms with E-state index < -0.39 is 14.8 Å². The fourth-order valence-electron chi connectivity index (χ4n) is 2.22. The number of benzene rings is 1. The third-order valence-electron chi connectivity index (χ3n) is 3.17. The van der Waals surface area contributed by atoms with Crippen LogP contribution in [0.25, 0.3) is 0 Å². The van der Waals surface area contributed by atoms with E-state index in [1.165, 1.54) is 6.07 Å². The molecule has 2 atom stereocenters. The summed E-state index contributed by atoms with van der Waals surface area (Å²) in [6.07, 6.45) is 0.533. The summed E-state index contributed by atoms with van der Waals surface area (Å²) in [5.41, 5.74) is 0.524. The number of hydrogen-bond donors (Lipinski definition) is 0. The SMILES string of the molecule is O=[N+]([O-])c1cc(Br)ccc1C(Br)C1CCS(=O)(=O)C1. The molecule has 104 valence electrons. The number of nitrogens with zero attached hydrogens (tertiary/aromatic N) is 1. The van der Waals surface area contributed by atoms with Crippen LogP contribution in [-0.2, 0) is 9.84 Å². The van der Waals surface area contributed by atoms with E-state index in [9.17, 15) is 18.5 Å². The highest BCUT2D eigenvalue weighted by Gasteiger charge is 2.35. The zero-order valence-corrected chi connectivity index (χ0v) is 13.7. The normalized spacial score (nSPS) is 23.2. The van der Waals surface area contributed by atoms with Gasteiger partial charge in [-0.05, 0) is 24.5 Å². The molecule has 0 aliphatic carbocycles. The van der Waals surface area contributed by atoms with Gasteiger partial charge in [0.05, 0.1) is 21.3 Å². The lowest BCUT2D eigenvalue weighted by Gasteiger charge is -2.16. The van der Waals surface area contributed by atoms with Gasteiger partial charge in [0.1, 0.15) is 0 Å². The number of nitro groups is 1. The third kappa shape index (κ3) is 3.35. The minimum atomic E-state index is -3.00. The van der Waals surface area contributed by atoms with E-state index in [4.69, 9.17) is 0 Å². The Morgan fingerprint density at radius 2 is 2.11 bits per heavy atom. The van der Waals surface area contributed by atoms with Crippen molar-refractivity contribution >= 4 is 47.4 Å². The predicted molar refractivity (Wildman–Crippen MR) is 79.2 cm³/mol. The summed E-state index contributed by atoms with van der Waals surface area (Å²) in [5.74, 6) is 0.116. The van der Waals surface area contributed by atoms with Crippen LogP contribution in [0.15, 0.2) is 22.7 Å². The number of sulfone groups is 1. The standard InChI is InChI=1S/C11H11Br2NO4S/c12-8-1-2-9(10(5-8)14(15)16)11(13)7-3-4-19(17,18)6-7/h1-2,5,7,11H,3-4,6H2. The second kappa shape index (κ2) is 5.49. The summed E-state index contributed by atoms with van der Waals surface area (Å²) in [4.78, 5) is 10.3. The van der Waals surface area contributed by atoms with E-state index in [2.05, 4.69) is 31.9 Å². The first-order valence-corrected chi connectivity index (χ1v) is 9.11. The first-order valence-electron chi connectivity index (χ1n) is 5.58. The van der Waals surface area contributed by atoms with E-state index in [0.29, 0.717) is 16.5 Å². The van der Waals surface area contributed by atoms with Crippen LogP contribution in [-0.4, -0.2) is 24.8 Å². The molecule has 0 bridgehead atoms. The zero-order chi connectivity index (χ0) is 14.2. The minimum Gasteiger partial charge on any atom is -0.258 e. The lowest BCUT2D eigenvalue weighted by Crippen LogP contribution is -2.11. The Kier molecular flexibility index (Phi) is 4.32. The zero-order valence-electron chi connectivity index (χ0n) is 9.75. The molecule has 1 saturated heterocycles. The van der Waals surface area contributed by atoms with E-state index in [-0.39, 0.29) is 27.9 Å². The maximum absolute atomic E-state index is 11.5. The average Bonchev–Trinajstić information content (AvgIpc) is 2.68. The fraction of sp³-hybridized carbons (Fsp3) is 0.455. The molecule has 2 unspecified atom stereocenters. The fourth-order valence-corrected chi connectivity index (χ4v) is 5.49. The van der Waals surface area contributed by atoms with Gasteiger partial charge in [0.25, 0.3) is 5.69 Å². The molecule has 1 aliphatic heterocycles. The lowest BCUT2D eigenvalue weighted by atomic mass is 9.97. The summed E-state index contributed by atoms with van der Waals surface area (Å²) in [6, 6.07) is 4.82. The van der Waals surface area contributed by atoms with Crippen molar-refractivity contribution in [2.45, 2.75) is 11.2 Å². The van der Waals surface area contributed by atoms with Gasteiger partial charge in [-0.1, -0.05) is 31.9 Å². The van der Waals surface area contributed by atoms with Crippen molar-refractivity contribution in [1.82, 2.24) is 0 Å². The minimum absolute atomic E-state index is 0.000507. The molecule has 0 aromatic heterocycles. The topological polar surface area (TPSA) is 77.3 Å². The summed E-state index contributed by atoms with van der Waals surface area (Å²) in [5, 5.41) is 11.1. The summed E-state index contributed by atoms with van der Waals surface area (Å²) < 4.78 is 23.6. The molecule has 1 aliphatic rings. The maximum Gasteiger partial charge on any atom is 0.274 e. The number of rotatable bonds is 3. The smallest absolute Gasteiger partial charge is 0.258 e. The Balaban J connectivity index is 2.34. The molecular weight excluding hydrogens is 402 g/mol. The molecule has 2 rings (SSSR count). The van der Waals surface area contributed by atoms with Crippen LogP contribution in [0.1, 0.15) is 16.8 Å². The summed E-state index contributed by atoms with van der Waals surface area (Å²) in [6.45, 7) is 0. The molecule has 1 aromatic rings. The first kappa shape index (κ1) is 14.9. The van der Waals surface area contributed by atoms with Crippen molar-refractivity contribution in [3.05, 3.63) is 38.3 Å². The molecule has 19 heavy (non-hydrogen) atoms. The van der Waals surface area contributed by atoms with Crippen LogP contribution in [0.3, 0.4) is 0 Å². The molecule has 0 spiro atoms. The molecule has 0 saturated carbocycles. The van der Waals surface area contributed by atoms with E-state index in [1.54, 1.807) is 12.1 Å². The van der Waals surface area contributed by atoms with Gasteiger partial charge in [0, 0.05) is 16.1 Å². The quantitative estimate of drug-likeness (QED) is 0.433. The van der Waals surface area contributed by atoms with E-state index in [0.717, 1.165) is 0 Å². The van der Waals surface area contributed by atoms with Crippen LogP contribution < -0.4 is 0 Å². The molecule has 0 radical (unpaired) electrons. The second-order valence-corrected chi connectivity index (χ2v) is 8.66. The predicted octanol–water partition coefficient (Wildman–Crippen LogP) is 3.23. The number of nitro benzene ring substituents is 1. The van der Waals surface area contributed by atoms with Gasteiger partial charge < -0.3 is 0 Å². The number of hydrogen-bond acceptors (Lipinski definition) is 4. The monoisotopic (exact) mass is 411 g/mol. The van der Waals surface area contributed by atoms with Crippen LogP contribution in [0.4, 0.5) is 5.69 Å². The Morgan fingerprint density at radius 3 is 2.63 bits per heavy atom. The summed E-state index contributed by atoms with van der Waals surface area (Å²) >= 11 is 6.62. The molecule has 0 amide bonds. The van der Waals surface area contributed by atoms with Gasteiger partial charge in [-0.15, -0.1) is 0 Å². The summed E-state index contributed by atoms with van der Waals surface area (Å²) in [7, 11) is -3.00. The van der Waals surface area contributed by atoms with Crippen molar-refractivity contribution in [3.63, 3.8) is 0 Å². The van der Waals surface area contributed by atoms with Crippen molar-refractivity contribution in [2.24, 2.45) is 5.92 Å². The van der Waals surface area contributed by atoms with Crippen molar-refractivity contribution < 1.29 is 13.3 Å². The van der Waals surface area contributed by atoms with E-state index >= 15 is 0 Å². The van der Waals surface area contributed by atoms with Gasteiger partial charge in [0.15, 0.2) is 9.84 Å². The third-order valence-corrected chi connectivity index (χ3v) is 6.70. The van der Waals surface area contributed by atoms with Gasteiger partial charge >= 0.3 is 0 Å². The highest BCUT2D eigenvalue weighted by Crippen LogP contribution is 2.42. The Bertz CT molecular complexity index is 617. The van der Waals surface area contributed by atoms with Gasteiger partial charge in [-0.2, -0.15) is 0 Å². The molecule has 5 nitrogen and oxygen atoms in total. The number of halogens is 2. The highest BCUT2D eigenvalue weighted by atomic mass is 79.9. The lowest BCUT2D eigenvalue weighted by molar-refractivity contribution is -0.385. The molecule has 0 N–H and O–H groups in total. The van der Waals surface area contributed by atoms with Crippen molar-refractivity contribution in [1.29, 1.82) is 0 Å². The highest BCUT2D eigenvalue weighted by molar-refractivity contribution is 9.10. The molecule has 1 heterocycles.